The average Bonchev–Trinajstić information content (AvgIpc) is 2.81. The van der Waals surface area contributed by atoms with Crippen molar-refractivity contribution < 1.29 is 26.4 Å². The summed E-state index contributed by atoms with van der Waals surface area (Å²) in [5.74, 6) is -0.666. The van der Waals surface area contributed by atoms with Crippen LogP contribution in [0.2, 0.25) is 5.02 Å². The lowest BCUT2D eigenvalue weighted by molar-refractivity contribution is 0.0730. The van der Waals surface area contributed by atoms with Crippen molar-refractivity contribution in [3.05, 3.63) is 47.0 Å². The van der Waals surface area contributed by atoms with Crippen molar-refractivity contribution >= 4 is 48.9 Å². The molecule has 186 valence electrons. The van der Waals surface area contributed by atoms with Crippen molar-refractivity contribution in [3.8, 4) is 0 Å². The second kappa shape index (κ2) is 10.6. The number of hydrogen-bond acceptors (Lipinski definition) is 7. The number of halogens is 1. The number of nitrogens with zero attached hydrogens (tertiary/aromatic N) is 2. The molecule has 0 radical (unpaired) electrons. The molecule has 1 fully saturated rings. The third-order valence-electron chi connectivity index (χ3n) is 5.40. The highest BCUT2D eigenvalue weighted by Gasteiger charge is 2.28. The predicted octanol–water partition coefficient (Wildman–Crippen LogP) is 2.23. The van der Waals surface area contributed by atoms with Crippen molar-refractivity contribution in [2.75, 3.05) is 50.4 Å². The van der Waals surface area contributed by atoms with Crippen LogP contribution in [0.3, 0.4) is 0 Å². The molecule has 0 unspecified atom stereocenters. The van der Waals surface area contributed by atoms with E-state index in [1.807, 2.05) is 0 Å². The zero-order valence-electron chi connectivity index (χ0n) is 18.8. The molecule has 0 spiro atoms. The molecule has 3 rings (SSSR count). The molecule has 13 heteroatoms. The molecule has 0 atom stereocenters. The molecule has 0 aliphatic carbocycles. The van der Waals surface area contributed by atoms with Crippen LogP contribution in [0.25, 0.3) is 0 Å². The first-order valence-electron chi connectivity index (χ1n) is 10.6. The number of anilines is 2. The van der Waals surface area contributed by atoms with E-state index < -0.39 is 26.0 Å². The lowest BCUT2D eigenvalue weighted by Crippen LogP contribution is -2.40. The monoisotopic (exact) mass is 530 g/mol. The van der Waals surface area contributed by atoms with Crippen LogP contribution >= 0.6 is 11.6 Å². The van der Waals surface area contributed by atoms with Gasteiger partial charge in [-0.05, 0) is 36.4 Å². The summed E-state index contributed by atoms with van der Waals surface area (Å²) in [6, 6.07) is 7.93. The molecule has 1 heterocycles. The fraction of sp³-hybridized carbons (Fsp3) is 0.381. The molecular weight excluding hydrogens is 504 g/mol. The summed E-state index contributed by atoms with van der Waals surface area (Å²) in [6.45, 7) is 4.93. The van der Waals surface area contributed by atoms with Crippen LogP contribution in [-0.4, -0.2) is 70.7 Å². The fourth-order valence-corrected chi connectivity index (χ4v) is 6.87. The SMILES string of the molecule is CCN(CC)S(=O)(=O)c1cc(C(=O)Nc2cc(S(=O)(=O)N3CCOCC3)ccc2N)ccc1Cl. The van der Waals surface area contributed by atoms with Gasteiger partial charge in [0, 0.05) is 31.7 Å². The highest BCUT2D eigenvalue weighted by molar-refractivity contribution is 7.89. The van der Waals surface area contributed by atoms with E-state index in [0.29, 0.717) is 13.2 Å². The molecule has 2 aromatic rings. The number of carbonyl (C=O) groups is 1. The molecule has 2 aromatic carbocycles. The Morgan fingerprint density at radius 2 is 1.74 bits per heavy atom. The number of benzene rings is 2. The van der Waals surface area contributed by atoms with Crippen molar-refractivity contribution in [2.24, 2.45) is 0 Å². The molecule has 3 N–H and O–H groups in total. The maximum absolute atomic E-state index is 13.0. The van der Waals surface area contributed by atoms with E-state index in [-0.39, 0.29) is 57.9 Å². The first kappa shape index (κ1) is 26.4. The number of sulfonamides is 2. The topological polar surface area (TPSA) is 139 Å². The van der Waals surface area contributed by atoms with Gasteiger partial charge >= 0.3 is 0 Å². The van der Waals surface area contributed by atoms with Gasteiger partial charge in [-0.1, -0.05) is 25.4 Å². The summed E-state index contributed by atoms with van der Waals surface area (Å²) < 4.78 is 59.5. The smallest absolute Gasteiger partial charge is 0.255 e. The number of amides is 1. The summed E-state index contributed by atoms with van der Waals surface area (Å²) in [5, 5.41) is 2.56. The van der Waals surface area contributed by atoms with Crippen molar-refractivity contribution in [3.63, 3.8) is 0 Å². The Kier molecular flexibility index (Phi) is 8.22. The van der Waals surface area contributed by atoms with E-state index in [1.54, 1.807) is 13.8 Å². The van der Waals surface area contributed by atoms with Crippen LogP contribution < -0.4 is 11.1 Å². The van der Waals surface area contributed by atoms with E-state index in [2.05, 4.69) is 5.32 Å². The minimum absolute atomic E-state index is 0.0124. The van der Waals surface area contributed by atoms with Gasteiger partial charge in [-0.3, -0.25) is 4.79 Å². The number of rotatable bonds is 8. The maximum atomic E-state index is 13.0. The molecule has 0 aromatic heterocycles. The van der Waals surface area contributed by atoms with Gasteiger partial charge in [0.15, 0.2) is 0 Å². The lowest BCUT2D eigenvalue weighted by atomic mass is 10.2. The normalized spacial score (nSPS) is 15.4. The second-order valence-electron chi connectivity index (χ2n) is 7.45. The predicted molar refractivity (Wildman–Crippen MR) is 130 cm³/mol. The molecule has 0 saturated carbocycles. The third kappa shape index (κ3) is 5.37. The molecule has 1 saturated heterocycles. The van der Waals surface area contributed by atoms with Gasteiger partial charge in [0.2, 0.25) is 20.0 Å². The third-order valence-corrected chi connectivity index (χ3v) is 9.82. The van der Waals surface area contributed by atoms with Crippen molar-refractivity contribution in [1.29, 1.82) is 0 Å². The van der Waals surface area contributed by atoms with Gasteiger partial charge in [-0.15, -0.1) is 0 Å². The first-order chi connectivity index (χ1) is 16.0. The minimum Gasteiger partial charge on any atom is -0.397 e. The van der Waals surface area contributed by atoms with E-state index in [0.717, 1.165) is 0 Å². The zero-order chi connectivity index (χ0) is 25.1. The van der Waals surface area contributed by atoms with Gasteiger partial charge in [0.05, 0.1) is 34.5 Å². The quantitative estimate of drug-likeness (QED) is 0.499. The summed E-state index contributed by atoms with van der Waals surface area (Å²) in [7, 11) is -7.71. The maximum Gasteiger partial charge on any atom is 0.255 e. The standard InChI is InChI=1S/C21H27ClN4O6S2/c1-3-25(4-2)34(30,31)20-13-15(5-7-17(20)22)21(27)24-19-14-16(6-8-18(19)23)33(28,29)26-9-11-32-12-10-26/h5-8,13-14H,3-4,9-12,23H2,1-2H3,(H,24,27). The number of nitrogen functional groups attached to an aromatic ring is 1. The van der Waals surface area contributed by atoms with Gasteiger partial charge in [-0.25, -0.2) is 16.8 Å². The summed E-state index contributed by atoms with van der Waals surface area (Å²) in [4.78, 5) is 12.7. The molecule has 10 nitrogen and oxygen atoms in total. The van der Waals surface area contributed by atoms with Crippen LogP contribution in [0.15, 0.2) is 46.2 Å². The van der Waals surface area contributed by atoms with E-state index >= 15 is 0 Å². The van der Waals surface area contributed by atoms with Crippen LogP contribution in [0.5, 0.6) is 0 Å². The Balaban J connectivity index is 1.91. The molecule has 0 bridgehead atoms. The Hall–Kier alpha value is -2.22. The number of hydrogen-bond donors (Lipinski definition) is 2. The molecule has 1 aliphatic heterocycles. The van der Waals surface area contributed by atoms with Crippen LogP contribution in [0.1, 0.15) is 24.2 Å². The zero-order valence-corrected chi connectivity index (χ0v) is 21.2. The van der Waals surface area contributed by atoms with Gasteiger partial charge in [0.1, 0.15) is 4.90 Å². The number of nitrogens with two attached hydrogens (primary N) is 1. The number of nitrogens with one attached hydrogen (secondary N) is 1. The van der Waals surface area contributed by atoms with Crippen LogP contribution in [0, 0.1) is 0 Å². The lowest BCUT2D eigenvalue weighted by Gasteiger charge is -2.26. The molecule has 1 aliphatic rings. The van der Waals surface area contributed by atoms with E-state index in [4.69, 9.17) is 22.1 Å². The Bertz CT molecular complexity index is 1270. The Labute approximate surface area is 204 Å². The van der Waals surface area contributed by atoms with E-state index in [9.17, 15) is 21.6 Å². The number of carbonyl (C=O) groups excluding carboxylic acids is 1. The Morgan fingerprint density at radius 3 is 2.35 bits per heavy atom. The highest BCUT2D eigenvalue weighted by Crippen LogP contribution is 2.28. The summed E-state index contributed by atoms with van der Waals surface area (Å²) in [5.41, 5.74) is 6.23. The number of morpholine rings is 1. The second-order valence-corrected chi connectivity index (χ2v) is 11.7. The largest absolute Gasteiger partial charge is 0.397 e. The van der Waals surface area contributed by atoms with Gasteiger partial charge in [0.25, 0.3) is 5.91 Å². The van der Waals surface area contributed by atoms with Gasteiger partial charge in [-0.2, -0.15) is 8.61 Å². The van der Waals surface area contributed by atoms with Crippen LogP contribution in [0.4, 0.5) is 11.4 Å². The average molecular weight is 531 g/mol. The molecule has 34 heavy (non-hydrogen) atoms. The van der Waals surface area contributed by atoms with Crippen molar-refractivity contribution in [2.45, 2.75) is 23.6 Å². The van der Waals surface area contributed by atoms with Crippen LogP contribution in [-0.2, 0) is 24.8 Å². The highest BCUT2D eigenvalue weighted by atomic mass is 35.5. The summed E-state index contributed by atoms with van der Waals surface area (Å²) in [6.07, 6.45) is 0. The van der Waals surface area contributed by atoms with Crippen molar-refractivity contribution in [1.82, 2.24) is 8.61 Å². The molecule has 1 amide bonds. The molecular formula is C21H27ClN4O6S2. The first-order valence-corrected chi connectivity index (χ1v) is 13.9. The number of ether oxygens (including phenoxy) is 1. The fourth-order valence-electron chi connectivity index (χ4n) is 3.48. The van der Waals surface area contributed by atoms with Gasteiger partial charge < -0.3 is 15.8 Å². The Morgan fingerprint density at radius 1 is 1.09 bits per heavy atom. The summed E-state index contributed by atoms with van der Waals surface area (Å²) >= 11 is 6.14. The minimum atomic E-state index is -3.91. The van der Waals surface area contributed by atoms with E-state index in [1.165, 1.54) is 45.0 Å².